The third-order valence-electron chi connectivity index (χ3n) is 3.62. The van der Waals surface area contributed by atoms with Gasteiger partial charge >= 0.3 is 0 Å². The van der Waals surface area contributed by atoms with Crippen LogP contribution in [-0.2, 0) is 16.8 Å². The van der Waals surface area contributed by atoms with E-state index >= 15 is 0 Å². The summed E-state index contributed by atoms with van der Waals surface area (Å²) < 4.78 is 0. The molecule has 0 spiro atoms. The lowest BCUT2D eigenvalue weighted by atomic mass is 9.96. The summed E-state index contributed by atoms with van der Waals surface area (Å²) in [7, 11) is 0. The van der Waals surface area contributed by atoms with Crippen molar-refractivity contribution in [2.45, 2.75) is 18.9 Å². The van der Waals surface area contributed by atoms with Crippen molar-refractivity contribution in [2.75, 3.05) is 6.54 Å². The summed E-state index contributed by atoms with van der Waals surface area (Å²) in [6, 6.07) is 13.0. The van der Waals surface area contributed by atoms with Crippen LogP contribution in [0.3, 0.4) is 0 Å². The average molecular weight is 349 g/mol. The summed E-state index contributed by atoms with van der Waals surface area (Å²) in [6.07, 6.45) is -0.0261. The molecule has 7 heteroatoms. The van der Waals surface area contributed by atoms with E-state index in [-0.39, 0.29) is 29.6 Å². The van der Waals surface area contributed by atoms with E-state index in [0.29, 0.717) is 11.1 Å². The SMILES string of the molecule is CC(O)(CNC(=O)Cc1ccc([N+](=O)[O-])cc1Cl)c1ccccc1. The first kappa shape index (κ1) is 17.9. The van der Waals surface area contributed by atoms with Gasteiger partial charge < -0.3 is 10.4 Å². The Balaban J connectivity index is 1.98. The van der Waals surface area contributed by atoms with E-state index in [0.717, 1.165) is 0 Å². The van der Waals surface area contributed by atoms with Gasteiger partial charge in [-0.2, -0.15) is 0 Å². The number of nitro benzene ring substituents is 1. The van der Waals surface area contributed by atoms with Crippen LogP contribution in [0.25, 0.3) is 0 Å². The Morgan fingerprint density at radius 1 is 1.29 bits per heavy atom. The number of nitrogens with zero attached hydrogens (tertiary/aromatic N) is 1. The monoisotopic (exact) mass is 348 g/mol. The van der Waals surface area contributed by atoms with Crippen molar-refractivity contribution in [3.8, 4) is 0 Å². The van der Waals surface area contributed by atoms with Crippen LogP contribution in [0.4, 0.5) is 5.69 Å². The van der Waals surface area contributed by atoms with Gasteiger partial charge in [-0.05, 0) is 18.1 Å². The first-order chi connectivity index (χ1) is 11.3. The van der Waals surface area contributed by atoms with Crippen LogP contribution < -0.4 is 5.32 Å². The highest BCUT2D eigenvalue weighted by atomic mass is 35.5. The number of nitrogens with one attached hydrogen (secondary N) is 1. The molecule has 0 aliphatic heterocycles. The first-order valence-corrected chi connectivity index (χ1v) is 7.65. The Bertz CT molecular complexity index is 748. The number of hydrogen-bond donors (Lipinski definition) is 2. The van der Waals surface area contributed by atoms with Gasteiger partial charge in [0.1, 0.15) is 5.60 Å². The van der Waals surface area contributed by atoms with Crippen LogP contribution in [0.5, 0.6) is 0 Å². The zero-order valence-electron chi connectivity index (χ0n) is 13.0. The zero-order valence-corrected chi connectivity index (χ0v) is 13.8. The maximum absolute atomic E-state index is 12.0. The highest BCUT2D eigenvalue weighted by Crippen LogP contribution is 2.23. The number of amides is 1. The average Bonchev–Trinajstić information content (AvgIpc) is 2.55. The fourth-order valence-corrected chi connectivity index (χ4v) is 2.44. The summed E-state index contributed by atoms with van der Waals surface area (Å²) >= 11 is 5.97. The van der Waals surface area contributed by atoms with Gasteiger partial charge in [-0.1, -0.05) is 48.0 Å². The molecule has 0 saturated carbocycles. The number of non-ortho nitro benzene ring substituents is 1. The van der Waals surface area contributed by atoms with Crippen molar-refractivity contribution in [1.29, 1.82) is 0 Å². The molecule has 2 rings (SSSR count). The third-order valence-corrected chi connectivity index (χ3v) is 3.98. The molecule has 0 heterocycles. The van der Waals surface area contributed by atoms with Gasteiger partial charge in [0.15, 0.2) is 0 Å². The summed E-state index contributed by atoms with van der Waals surface area (Å²) in [6.45, 7) is 1.65. The number of rotatable bonds is 6. The van der Waals surface area contributed by atoms with Gasteiger partial charge in [0.25, 0.3) is 5.69 Å². The van der Waals surface area contributed by atoms with Crippen LogP contribution in [0.15, 0.2) is 48.5 Å². The molecular weight excluding hydrogens is 332 g/mol. The van der Waals surface area contributed by atoms with Crippen LogP contribution in [0.2, 0.25) is 5.02 Å². The van der Waals surface area contributed by atoms with E-state index in [9.17, 15) is 20.0 Å². The molecule has 0 fully saturated rings. The number of aliphatic hydroxyl groups is 1. The second kappa shape index (κ2) is 7.42. The van der Waals surface area contributed by atoms with Crippen LogP contribution in [0, 0.1) is 10.1 Å². The van der Waals surface area contributed by atoms with E-state index in [4.69, 9.17) is 11.6 Å². The minimum atomic E-state index is -1.20. The standard InChI is InChI=1S/C17H17ClN2O4/c1-17(22,13-5-3-2-4-6-13)11-19-16(21)9-12-7-8-14(20(23)24)10-15(12)18/h2-8,10,22H,9,11H2,1H3,(H,19,21). The van der Waals surface area contributed by atoms with Gasteiger partial charge in [-0.3, -0.25) is 14.9 Å². The van der Waals surface area contributed by atoms with Crippen molar-refractivity contribution >= 4 is 23.2 Å². The molecule has 2 N–H and O–H groups in total. The second-order valence-electron chi connectivity index (χ2n) is 5.63. The number of benzene rings is 2. The van der Waals surface area contributed by atoms with Crippen molar-refractivity contribution in [1.82, 2.24) is 5.32 Å². The topological polar surface area (TPSA) is 92.5 Å². The molecule has 24 heavy (non-hydrogen) atoms. The Morgan fingerprint density at radius 3 is 2.54 bits per heavy atom. The van der Waals surface area contributed by atoms with E-state index in [1.807, 2.05) is 18.2 Å². The Hall–Kier alpha value is -2.44. The van der Waals surface area contributed by atoms with Gasteiger partial charge in [-0.25, -0.2) is 0 Å². The normalized spacial score (nSPS) is 13.1. The Morgan fingerprint density at radius 2 is 1.96 bits per heavy atom. The molecule has 0 bridgehead atoms. The minimum Gasteiger partial charge on any atom is -0.384 e. The largest absolute Gasteiger partial charge is 0.384 e. The van der Waals surface area contributed by atoms with Crippen molar-refractivity contribution in [3.63, 3.8) is 0 Å². The minimum absolute atomic E-state index is 0.0261. The summed E-state index contributed by atoms with van der Waals surface area (Å²) in [5.41, 5.74) is -0.148. The van der Waals surface area contributed by atoms with Crippen molar-refractivity contribution < 1.29 is 14.8 Å². The lowest BCUT2D eigenvalue weighted by Crippen LogP contribution is -2.39. The molecule has 0 aliphatic rings. The maximum Gasteiger partial charge on any atom is 0.270 e. The number of carbonyl (C=O) groups excluding carboxylic acids is 1. The second-order valence-corrected chi connectivity index (χ2v) is 6.03. The van der Waals surface area contributed by atoms with Crippen molar-refractivity contribution in [3.05, 3.63) is 74.8 Å². The van der Waals surface area contributed by atoms with E-state index in [2.05, 4.69) is 5.32 Å². The van der Waals surface area contributed by atoms with Gasteiger partial charge in [0, 0.05) is 12.1 Å². The molecule has 0 saturated heterocycles. The molecular formula is C17H17ClN2O4. The summed E-state index contributed by atoms with van der Waals surface area (Å²) in [5.74, 6) is -0.332. The predicted molar refractivity (Wildman–Crippen MR) is 90.8 cm³/mol. The smallest absolute Gasteiger partial charge is 0.270 e. The molecule has 1 amide bonds. The number of nitro groups is 1. The maximum atomic E-state index is 12.0. The van der Waals surface area contributed by atoms with Crippen LogP contribution in [0.1, 0.15) is 18.1 Å². The molecule has 2 aromatic carbocycles. The molecule has 0 aromatic heterocycles. The number of hydrogen-bond acceptors (Lipinski definition) is 4. The molecule has 6 nitrogen and oxygen atoms in total. The molecule has 126 valence electrons. The van der Waals surface area contributed by atoms with Crippen LogP contribution in [-0.4, -0.2) is 22.5 Å². The lowest BCUT2D eigenvalue weighted by Gasteiger charge is -2.24. The van der Waals surface area contributed by atoms with Gasteiger partial charge in [0.2, 0.25) is 5.91 Å². The lowest BCUT2D eigenvalue weighted by molar-refractivity contribution is -0.384. The van der Waals surface area contributed by atoms with Crippen molar-refractivity contribution in [2.24, 2.45) is 0 Å². The fourth-order valence-electron chi connectivity index (χ4n) is 2.20. The molecule has 0 radical (unpaired) electrons. The van der Waals surface area contributed by atoms with Gasteiger partial charge in [-0.15, -0.1) is 0 Å². The number of carbonyl (C=O) groups is 1. The van der Waals surface area contributed by atoms with E-state index < -0.39 is 10.5 Å². The number of halogens is 1. The van der Waals surface area contributed by atoms with E-state index in [1.165, 1.54) is 18.2 Å². The Labute approximate surface area is 144 Å². The molecule has 1 atom stereocenters. The highest BCUT2D eigenvalue weighted by Gasteiger charge is 2.23. The molecule has 0 aliphatic carbocycles. The predicted octanol–water partition coefficient (Wildman–Crippen LogP) is 2.81. The molecule has 2 aromatic rings. The molecule has 1 unspecified atom stereocenters. The summed E-state index contributed by atoms with van der Waals surface area (Å²) in [5, 5.41) is 23.9. The van der Waals surface area contributed by atoms with E-state index in [1.54, 1.807) is 19.1 Å². The van der Waals surface area contributed by atoms with Crippen LogP contribution >= 0.6 is 11.6 Å². The summed E-state index contributed by atoms with van der Waals surface area (Å²) in [4.78, 5) is 22.2. The Kier molecular flexibility index (Phi) is 5.54. The fraction of sp³-hybridized carbons (Fsp3) is 0.235. The first-order valence-electron chi connectivity index (χ1n) is 7.27. The zero-order chi connectivity index (χ0) is 17.7. The van der Waals surface area contributed by atoms with Gasteiger partial charge in [0.05, 0.1) is 22.9 Å². The quantitative estimate of drug-likeness (QED) is 0.620. The highest BCUT2D eigenvalue weighted by molar-refractivity contribution is 6.31. The third kappa shape index (κ3) is 4.53.